The number of amides is 2. The lowest BCUT2D eigenvalue weighted by Crippen LogP contribution is -2.51. The van der Waals surface area contributed by atoms with Crippen LogP contribution in [0.15, 0.2) is 77.5 Å². The fourth-order valence-electron chi connectivity index (χ4n) is 4.07. The summed E-state index contributed by atoms with van der Waals surface area (Å²) in [6.45, 7) is 4.48. The number of nitrogens with one attached hydrogen (secondary N) is 1. The van der Waals surface area contributed by atoms with Crippen LogP contribution >= 0.6 is 38.9 Å². The molecule has 0 atom stereocenters. The minimum atomic E-state index is -0.0295. The van der Waals surface area contributed by atoms with Crippen LogP contribution < -0.4 is 5.32 Å². The summed E-state index contributed by atoms with van der Waals surface area (Å²) in [4.78, 5) is 19.5. The van der Waals surface area contributed by atoms with Crippen molar-refractivity contribution in [2.24, 2.45) is 0 Å². The van der Waals surface area contributed by atoms with E-state index in [-0.39, 0.29) is 6.03 Å². The van der Waals surface area contributed by atoms with E-state index < -0.39 is 0 Å². The van der Waals surface area contributed by atoms with Crippen molar-refractivity contribution >= 4 is 44.9 Å². The molecule has 35 heavy (non-hydrogen) atoms. The number of rotatable bonds is 6. The first kappa shape index (κ1) is 24.1. The second-order valence-electron chi connectivity index (χ2n) is 8.44. The first-order valence-corrected chi connectivity index (χ1v) is 13.4. The van der Waals surface area contributed by atoms with Gasteiger partial charge in [-0.2, -0.15) is 5.10 Å². The van der Waals surface area contributed by atoms with Gasteiger partial charge in [0, 0.05) is 75.8 Å². The molecule has 2 aromatic carbocycles. The maximum absolute atomic E-state index is 12.7. The van der Waals surface area contributed by atoms with Gasteiger partial charge in [-0.05, 0) is 42.5 Å². The van der Waals surface area contributed by atoms with Gasteiger partial charge in [0.05, 0.1) is 11.9 Å². The van der Waals surface area contributed by atoms with Gasteiger partial charge in [-0.1, -0.05) is 45.7 Å². The number of hydrogen-bond donors (Lipinski definition) is 1. The molecule has 0 saturated carbocycles. The quantitative estimate of drug-likeness (QED) is 0.307. The molecule has 180 valence electrons. The Morgan fingerprint density at radius 3 is 2.57 bits per heavy atom. The largest absolute Gasteiger partial charge is 0.334 e. The lowest BCUT2D eigenvalue weighted by atomic mass is 10.2. The second-order valence-corrected chi connectivity index (χ2v) is 10.9. The highest BCUT2D eigenvalue weighted by molar-refractivity contribution is 9.10. The van der Waals surface area contributed by atoms with Gasteiger partial charge < -0.3 is 10.2 Å². The van der Waals surface area contributed by atoms with E-state index in [1.807, 2.05) is 58.2 Å². The summed E-state index contributed by atoms with van der Waals surface area (Å²) in [5.41, 5.74) is 3.02. The van der Waals surface area contributed by atoms with Crippen molar-refractivity contribution in [2.75, 3.05) is 26.2 Å². The standard InChI is InChI=1S/C26H25BrClN5OS/c27-20-5-7-21(8-6-20)33-17-19(16-30-33)15-29-26(34)32-13-11-31(12-14-32)18-22-9-10-25(35-22)23-3-1-2-4-24(23)28/h1-10,16-17H,11-15,18H2,(H,29,34). The van der Waals surface area contributed by atoms with Crippen LogP contribution in [0.4, 0.5) is 4.79 Å². The van der Waals surface area contributed by atoms with Crippen molar-refractivity contribution in [1.29, 1.82) is 0 Å². The topological polar surface area (TPSA) is 53.4 Å². The smallest absolute Gasteiger partial charge is 0.317 e. The van der Waals surface area contributed by atoms with Crippen LogP contribution in [0.25, 0.3) is 16.1 Å². The van der Waals surface area contributed by atoms with E-state index in [1.165, 1.54) is 9.75 Å². The number of carbonyl (C=O) groups excluding carboxylic acids is 1. The minimum absolute atomic E-state index is 0.0295. The molecule has 1 saturated heterocycles. The molecule has 1 aliphatic rings. The fraction of sp³-hybridized carbons (Fsp3) is 0.231. The Morgan fingerprint density at radius 2 is 1.80 bits per heavy atom. The van der Waals surface area contributed by atoms with E-state index in [2.05, 4.69) is 49.4 Å². The first-order valence-electron chi connectivity index (χ1n) is 11.4. The van der Waals surface area contributed by atoms with E-state index in [0.717, 1.165) is 45.9 Å². The number of aromatic nitrogens is 2. The monoisotopic (exact) mass is 569 g/mol. The van der Waals surface area contributed by atoms with Crippen LogP contribution in [0, 0.1) is 0 Å². The summed E-state index contributed by atoms with van der Waals surface area (Å²) in [6.07, 6.45) is 3.73. The van der Waals surface area contributed by atoms with E-state index >= 15 is 0 Å². The highest BCUT2D eigenvalue weighted by Gasteiger charge is 2.21. The molecule has 5 rings (SSSR count). The number of halogens is 2. The molecule has 1 fully saturated rings. The van der Waals surface area contributed by atoms with E-state index in [4.69, 9.17) is 11.6 Å². The van der Waals surface area contributed by atoms with Gasteiger partial charge in [0.1, 0.15) is 0 Å². The Labute approximate surface area is 222 Å². The SMILES string of the molecule is O=C(NCc1cnn(-c2ccc(Br)cc2)c1)N1CCN(Cc2ccc(-c3ccccc3Cl)s2)CC1. The molecule has 6 nitrogen and oxygen atoms in total. The van der Waals surface area contributed by atoms with Crippen LogP contribution in [0.3, 0.4) is 0 Å². The molecule has 0 spiro atoms. The number of piperazine rings is 1. The summed E-state index contributed by atoms with van der Waals surface area (Å²) in [5.74, 6) is 0. The van der Waals surface area contributed by atoms with Crippen LogP contribution in [0.1, 0.15) is 10.4 Å². The van der Waals surface area contributed by atoms with Crippen molar-refractivity contribution < 1.29 is 4.79 Å². The summed E-state index contributed by atoms with van der Waals surface area (Å²) in [7, 11) is 0. The number of hydrogen-bond acceptors (Lipinski definition) is 4. The van der Waals surface area contributed by atoms with Crippen LogP contribution in [-0.4, -0.2) is 51.8 Å². The van der Waals surface area contributed by atoms with Gasteiger partial charge in [0.25, 0.3) is 0 Å². The molecule has 1 N–H and O–H groups in total. The van der Waals surface area contributed by atoms with E-state index in [0.29, 0.717) is 19.6 Å². The normalized spacial score (nSPS) is 14.3. The third-order valence-corrected chi connectivity index (χ3v) is 7.97. The molecule has 0 bridgehead atoms. The molecule has 9 heteroatoms. The first-order chi connectivity index (χ1) is 17.0. The molecular weight excluding hydrogens is 546 g/mol. The summed E-state index contributed by atoms with van der Waals surface area (Å²) < 4.78 is 2.84. The predicted molar refractivity (Wildman–Crippen MR) is 145 cm³/mol. The summed E-state index contributed by atoms with van der Waals surface area (Å²) >= 11 is 11.6. The molecule has 2 aromatic heterocycles. The van der Waals surface area contributed by atoms with Gasteiger partial charge >= 0.3 is 6.03 Å². The van der Waals surface area contributed by atoms with Gasteiger partial charge in [-0.3, -0.25) is 4.90 Å². The molecule has 1 aliphatic heterocycles. The van der Waals surface area contributed by atoms with Gasteiger partial charge in [-0.25, -0.2) is 9.48 Å². The maximum Gasteiger partial charge on any atom is 0.317 e. The minimum Gasteiger partial charge on any atom is -0.334 e. The van der Waals surface area contributed by atoms with Gasteiger partial charge in [0.2, 0.25) is 0 Å². The zero-order chi connectivity index (χ0) is 24.2. The number of nitrogens with zero attached hydrogens (tertiary/aromatic N) is 4. The zero-order valence-corrected chi connectivity index (χ0v) is 22.2. The zero-order valence-electron chi connectivity index (χ0n) is 19.0. The second kappa shape index (κ2) is 11.0. The molecule has 0 aliphatic carbocycles. The Balaban J connectivity index is 1.09. The number of benzene rings is 2. The van der Waals surface area contributed by atoms with Crippen molar-refractivity contribution in [3.05, 3.63) is 93.0 Å². The van der Waals surface area contributed by atoms with Crippen molar-refractivity contribution in [2.45, 2.75) is 13.1 Å². The highest BCUT2D eigenvalue weighted by Crippen LogP contribution is 2.33. The average molecular weight is 571 g/mol. The molecule has 3 heterocycles. The molecule has 2 amide bonds. The van der Waals surface area contributed by atoms with Crippen molar-refractivity contribution in [3.8, 4) is 16.1 Å². The molecular formula is C26H25BrClN5OS. The van der Waals surface area contributed by atoms with Crippen molar-refractivity contribution in [1.82, 2.24) is 24.9 Å². The van der Waals surface area contributed by atoms with E-state index in [9.17, 15) is 4.79 Å². The summed E-state index contributed by atoms with van der Waals surface area (Å²) in [6, 6.07) is 20.2. The number of urea groups is 1. The van der Waals surface area contributed by atoms with Crippen LogP contribution in [-0.2, 0) is 13.1 Å². The van der Waals surface area contributed by atoms with Crippen LogP contribution in [0.5, 0.6) is 0 Å². The lowest BCUT2D eigenvalue weighted by Gasteiger charge is -2.34. The molecule has 0 unspecified atom stereocenters. The Hall–Kier alpha value is -2.65. The highest BCUT2D eigenvalue weighted by atomic mass is 79.9. The van der Waals surface area contributed by atoms with E-state index in [1.54, 1.807) is 17.5 Å². The third kappa shape index (κ3) is 5.95. The van der Waals surface area contributed by atoms with Gasteiger partial charge in [-0.15, -0.1) is 11.3 Å². The lowest BCUT2D eigenvalue weighted by molar-refractivity contribution is 0.135. The Morgan fingerprint density at radius 1 is 1.03 bits per heavy atom. The molecule has 4 aromatic rings. The average Bonchev–Trinajstić information content (AvgIpc) is 3.54. The summed E-state index contributed by atoms with van der Waals surface area (Å²) in [5, 5.41) is 8.22. The van der Waals surface area contributed by atoms with Crippen LogP contribution in [0.2, 0.25) is 5.02 Å². The fourth-order valence-corrected chi connectivity index (χ4v) is 5.72. The number of carbonyl (C=O) groups is 1. The van der Waals surface area contributed by atoms with Crippen molar-refractivity contribution in [3.63, 3.8) is 0 Å². The Kier molecular flexibility index (Phi) is 7.53. The predicted octanol–water partition coefficient (Wildman–Crippen LogP) is 6.04. The number of thiophene rings is 1. The third-order valence-electron chi connectivity index (χ3n) is 6.01. The molecule has 0 radical (unpaired) electrons. The van der Waals surface area contributed by atoms with Gasteiger partial charge in [0.15, 0.2) is 0 Å². The Bertz CT molecular complexity index is 1300. The maximum atomic E-state index is 12.7.